The third-order valence-corrected chi connectivity index (χ3v) is 6.85. The van der Waals surface area contributed by atoms with Gasteiger partial charge in [0, 0.05) is 25.2 Å². The van der Waals surface area contributed by atoms with Gasteiger partial charge in [-0.1, -0.05) is 19.8 Å². The molecule has 3 rings (SSSR count). The number of aromatic nitrogens is 1. The summed E-state index contributed by atoms with van der Waals surface area (Å²) in [7, 11) is 0. The Morgan fingerprint density at radius 2 is 1.76 bits per heavy atom. The SMILES string of the molecule is CC1CCC(C(NC(=O)OC(C)(C)C)C(=O)Nc2cc(CN(C(=O)CCC(F)(F)F)C3CC3)ccn2)CC1. The van der Waals surface area contributed by atoms with Crippen molar-refractivity contribution < 1.29 is 32.3 Å². The second-order valence-electron chi connectivity index (χ2n) is 11.6. The maximum Gasteiger partial charge on any atom is 0.408 e. The number of hydrogen-bond donors (Lipinski definition) is 2. The zero-order chi connectivity index (χ0) is 28.1. The molecule has 2 aliphatic rings. The van der Waals surface area contributed by atoms with Crippen molar-refractivity contribution in [3.8, 4) is 0 Å². The predicted molar refractivity (Wildman–Crippen MR) is 136 cm³/mol. The number of hydrogen-bond acceptors (Lipinski definition) is 5. The first-order valence-electron chi connectivity index (χ1n) is 13.3. The number of nitrogens with one attached hydrogen (secondary N) is 2. The van der Waals surface area contributed by atoms with Gasteiger partial charge in [0.2, 0.25) is 11.8 Å². The zero-order valence-corrected chi connectivity index (χ0v) is 22.6. The van der Waals surface area contributed by atoms with Crippen LogP contribution in [0.15, 0.2) is 18.3 Å². The molecular weight excluding hydrogens is 501 g/mol. The van der Waals surface area contributed by atoms with Crippen molar-refractivity contribution in [1.29, 1.82) is 0 Å². The molecule has 1 heterocycles. The highest BCUT2D eigenvalue weighted by Crippen LogP contribution is 2.32. The van der Waals surface area contributed by atoms with E-state index in [1.807, 2.05) is 0 Å². The lowest BCUT2D eigenvalue weighted by Gasteiger charge is -2.33. The lowest BCUT2D eigenvalue weighted by Crippen LogP contribution is -2.50. The molecule has 3 amide bonds. The third kappa shape index (κ3) is 9.79. The molecule has 212 valence electrons. The third-order valence-electron chi connectivity index (χ3n) is 6.85. The minimum absolute atomic E-state index is 0.0569. The molecule has 0 saturated heterocycles. The quantitative estimate of drug-likeness (QED) is 0.426. The monoisotopic (exact) mass is 540 g/mol. The number of ether oxygens (including phenoxy) is 1. The van der Waals surface area contributed by atoms with E-state index in [2.05, 4.69) is 22.5 Å². The maximum atomic E-state index is 13.3. The van der Waals surface area contributed by atoms with Crippen molar-refractivity contribution in [1.82, 2.24) is 15.2 Å². The highest BCUT2D eigenvalue weighted by molar-refractivity contribution is 5.96. The first-order chi connectivity index (χ1) is 17.7. The molecule has 0 bridgehead atoms. The van der Waals surface area contributed by atoms with Crippen LogP contribution in [0.1, 0.15) is 84.6 Å². The van der Waals surface area contributed by atoms with Gasteiger partial charge in [-0.05, 0) is 76.0 Å². The van der Waals surface area contributed by atoms with Crippen LogP contribution >= 0.6 is 0 Å². The van der Waals surface area contributed by atoms with E-state index < -0.39 is 48.6 Å². The number of nitrogens with zero attached hydrogens (tertiary/aromatic N) is 2. The van der Waals surface area contributed by atoms with E-state index in [0.717, 1.165) is 38.5 Å². The summed E-state index contributed by atoms with van der Waals surface area (Å²) < 4.78 is 43.3. The van der Waals surface area contributed by atoms with Crippen LogP contribution in [0.2, 0.25) is 0 Å². The van der Waals surface area contributed by atoms with Gasteiger partial charge >= 0.3 is 12.3 Å². The van der Waals surface area contributed by atoms with Crippen LogP contribution in [0, 0.1) is 11.8 Å². The van der Waals surface area contributed by atoms with E-state index in [-0.39, 0.29) is 24.3 Å². The summed E-state index contributed by atoms with van der Waals surface area (Å²) >= 11 is 0. The Morgan fingerprint density at radius 3 is 2.34 bits per heavy atom. The molecule has 0 radical (unpaired) electrons. The van der Waals surface area contributed by atoms with Gasteiger partial charge in [0.05, 0.1) is 6.42 Å². The molecule has 0 aliphatic heterocycles. The number of alkyl carbamates (subject to hydrolysis) is 1. The molecule has 1 atom stereocenters. The van der Waals surface area contributed by atoms with Gasteiger partial charge < -0.3 is 20.3 Å². The van der Waals surface area contributed by atoms with E-state index in [9.17, 15) is 27.6 Å². The second kappa shape index (κ2) is 12.3. The maximum absolute atomic E-state index is 13.3. The van der Waals surface area contributed by atoms with E-state index in [0.29, 0.717) is 11.5 Å². The molecule has 11 heteroatoms. The summed E-state index contributed by atoms with van der Waals surface area (Å²) in [4.78, 5) is 44.1. The Bertz CT molecular complexity index is 983. The van der Waals surface area contributed by atoms with E-state index in [4.69, 9.17) is 4.74 Å². The standard InChI is InChI=1S/C27H39F3N4O4/c1-17-5-7-19(8-6-17)23(33-25(37)38-26(2,3)4)24(36)32-21-15-18(12-14-31-21)16-34(20-9-10-20)22(35)11-13-27(28,29)30/h12,14-15,17,19-20,23H,5-11,13,16H2,1-4H3,(H,33,37)(H,31,32,36). The average Bonchev–Trinajstić information content (AvgIpc) is 3.64. The number of amides is 3. The van der Waals surface area contributed by atoms with E-state index in [1.165, 1.54) is 11.1 Å². The predicted octanol–water partition coefficient (Wildman–Crippen LogP) is 5.57. The fourth-order valence-corrected chi connectivity index (χ4v) is 4.69. The first-order valence-corrected chi connectivity index (χ1v) is 13.3. The number of pyridine rings is 1. The molecular formula is C27H39F3N4O4. The summed E-state index contributed by atoms with van der Waals surface area (Å²) in [6, 6.07) is 2.39. The van der Waals surface area contributed by atoms with Crippen molar-refractivity contribution in [2.24, 2.45) is 11.8 Å². The van der Waals surface area contributed by atoms with Gasteiger partial charge in [0.15, 0.2) is 0 Å². The molecule has 2 aliphatic carbocycles. The Labute approximate surface area is 222 Å². The van der Waals surface area contributed by atoms with Crippen molar-refractivity contribution in [2.45, 2.75) is 109 Å². The number of alkyl halides is 3. The summed E-state index contributed by atoms with van der Waals surface area (Å²) in [6.07, 6.45) is -0.322. The van der Waals surface area contributed by atoms with Crippen LogP contribution < -0.4 is 10.6 Å². The summed E-state index contributed by atoms with van der Waals surface area (Å²) in [5.74, 6) is -0.214. The smallest absolute Gasteiger partial charge is 0.408 e. The number of carbonyl (C=O) groups is 3. The summed E-state index contributed by atoms with van der Waals surface area (Å²) in [6.45, 7) is 7.54. The van der Waals surface area contributed by atoms with E-state index in [1.54, 1.807) is 32.9 Å². The molecule has 1 aromatic rings. The zero-order valence-electron chi connectivity index (χ0n) is 22.6. The minimum atomic E-state index is -4.39. The molecule has 8 nitrogen and oxygen atoms in total. The Hall–Kier alpha value is -2.85. The van der Waals surface area contributed by atoms with Gasteiger partial charge in [0.1, 0.15) is 17.5 Å². The van der Waals surface area contributed by atoms with Gasteiger partial charge in [-0.25, -0.2) is 9.78 Å². The van der Waals surface area contributed by atoms with Crippen LogP contribution in [-0.2, 0) is 20.9 Å². The van der Waals surface area contributed by atoms with Gasteiger partial charge in [-0.2, -0.15) is 13.2 Å². The lowest BCUT2D eigenvalue weighted by molar-refractivity contribution is -0.149. The number of carbonyl (C=O) groups excluding carboxylic acids is 3. The number of halogens is 3. The van der Waals surface area contributed by atoms with Gasteiger partial charge in [-0.3, -0.25) is 9.59 Å². The fourth-order valence-electron chi connectivity index (χ4n) is 4.69. The van der Waals surface area contributed by atoms with Crippen LogP contribution in [-0.4, -0.2) is 51.7 Å². The van der Waals surface area contributed by atoms with Crippen molar-refractivity contribution in [3.63, 3.8) is 0 Å². The first kappa shape index (κ1) is 29.7. The molecule has 1 unspecified atom stereocenters. The highest BCUT2D eigenvalue weighted by atomic mass is 19.4. The van der Waals surface area contributed by atoms with Gasteiger partial charge in [-0.15, -0.1) is 0 Å². The van der Waals surface area contributed by atoms with E-state index >= 15 is 0 Å². The van der Waals surface area contributed by atoms with Gasteiger partial charge in [0.25, 0.3) is 0 Å². The lowest BCUT2D eigenvalue weighted by atomic mass is 9.79. The van der Waals surface area contributed by atoms with Crippen LogP contribution in [0.4, 0.5) is 23.8 Å². The average molecular weight is 541 g/mol. The molecule has 0 aromatic carbocycles. The van der Waals surface area contributed by atoms with Crippen LogP contribution in [0.3, 0.4) is 0 Å². The molecule has 2 saturated carbocycles. The second-order valence-corrected chi connectivity index (χ2v) is 11.6. The Kier molecular flexibility index (Phi) is 9.64. The van der Waals surface area contributed by atoms with Crippen LogP contribution in [0.25, 0.3) is 0 Å². The number of anilines is 1. The fraction of sp³-hybridized carbons (Fsp3) is 0.704. The molecule has 0 spiro atoms. The van der Waals surface area contributed by atoms with Crippen LogP contribution in [0.5, 0.6) is 0 Å². The molecule has 1 aromatic heterocycles. The van der Waals surface area contributed by atoms with Crippen molar-refractivity contribution in [2.75, 3.05) is 5.32 Å². The number of rotatable bonds is 9. The normalized spacial score (nSPS) is 20.8. The molecule has 2 N–H and O–H groups in total. The summed E-state index contributed by atoms with van der Waals surface area (Å²) in [5.41, 5.74) is -0.0711. The van der Waals surface area contributed by atoms with Crippen molar-refractivity contribution >= 4 is 23.7 Å². The van der Waals surface area contributed by atoms with Crippen molar-refractivity contribution in [3.05, 3.63) is 23.9 Å². The Balaban J connectivity index is 1.69. The minimum Gasteiger partial charge on any atom is -0.444 e. The highest BCUT2D eigenvalue weighted by Gasteiger charge is 2.36. The molecule has 38 heavy (non-hydrogen) atoms. The Morgan fingerprint density at radius 1 is 1.11 bits per heavy atom. The molecule has 2 fully saturated rings. The summed E-state index contributed by atoms with van der Waals surface area (Å²) in [5, 5.41) is 5.52. The largest absolute Gasteiger partial charge is 0.444 e. The topological polar surface area (TPSA) is 101 Å².